The van der Waals surface area contributed by atoms with E-state index >= 15 is 0 Å². The van der Waals surface area contributed by atoms with Gasteiger partial charge in [-0.15, -0.1) is 6.42 Å². The Kier molecular flexibility index (Phi) is 3.93. The van der Waals surface area contributed by atoms with Crippen LogP contribution >= 0.6 is 0 Å². The lowest BCUT2D eigenvalue weighted by molar-refractivity contribution is 0.500. The predicted octanol–water partition coefficient (Wildman–Crippen LogP) is -0.367. The summed E-state index contributed by atoms with van der Waals surface area (Å²) in [6.45, 7) is 0.660. The van der Waals surface area contributed by atoms with Gasteiger partial charge >= 0.3 is 0 Å². The van der Waals surface area contributed by atoms with Crippen LogP contribution < -0.4 is 5.32 Å². The number of nitrogens with one attached hydrogen (secondary N) is 1. The highest BCUT2D eigenvalue weighted by atomic mass is 32.2. The number of nitrogens with zero attached hydrogens (tertiary/aromatic N) is 1. The Morgan fingerprint density at radius 2 is 2.21 bits per heavy atom. The van der Waals surface area contributed by atoms with E-state index in [-0.39, 0.29) is 12.3 Å². The van der Waals surface area contributed by atoms with Crippen LogP contribution in [0.25, 0.3) is 0 Å². The van der Waals surface area contributed by atoms with E-state index in [4.69, 9.17) is 6.42 Å². The summed E-state index contributed by atoms with van der Waals surface area (Å²) in [5.41, 5.74) is 0. The SMILES string of the molecule is C#CCN(C)S(=O)(=O)CCNC1CC1. The number of rotatable bonds is 6. The fourth-order valence-electron chi connectivity index (χ4n) is 1.06. The first-order valence-corrected chi connectivity index (χ1v) is 6.28. The van der Waals surface area contributed by atoms with Crippen LogP contribution in [-0.4, -0.2) is 44.7 Å². The van der Waals surface area contributed by atoms with Gasteiger partial charge in [0.15, 0.2) is 0 Å². The van der Waals surface area contributed by atoms with Crippen molar-refractivity contribution < 1.29 is 8.42 Å². The average molecular weight is 216 g/mol. The van der Waals surface area contributed by atoms with Crippen molar-refractivity contribution in [2.75, 3.05) is 25.9 Å². The molecule has 0 aliphatic heterocycles. The summed E-state index contributed by atoms with van der Waals surface area (Å²) >= 11 is 0. The second kappa shape index (κ2) is 4.78. The van der Waals surface area contributed by atoms with Gasteiger partial charge in [-0.05, 0) is 12.8 Å². The van der Waals surface area contributed by atoms with Crippen molar-refractivity contribution in [3.63, 3.8) is 0 Å². The molecule has 1 aliphatic carbocycles. The predicted molar refractivity (Wildman–Crippen MR) is 56.3 cm³/mol. The Morgan fingerprint density at radius 1 is 1.57 bits per heavy atom. The van der Waals surface area contributed by atoms with Crippen LogP contribution in [0.4, 0.5) is 0 Å². The van der Waals surface area contributed by atoms with Gasteiger partial charge in [-0.1, -0.05) is 5.92 Å². The Bertz CT molecular complexity index is 314. The van der Waals surface area contributed by atoms with E-state index in [9.17, 15) is 8.42 Å². The normalized spacial score (nSPS) is 16.9. The molecule has 0 aromatic carbocycles. The molecule has 1 fully saturated rings. The number of terminal acetylenes is 1. The Labute approximate surface area is 85.7 Å². The molecule has 1 rings (SSSR count). The molecule has 0 atom stereocenters. The number of hydrogen-bond acceptors (Lipinski definition) is 3. The topological polar surface area (TPSA) is 49.4 Å². The molecule has 0 spiro atoms. The van der Waals surface area contributed by atoms with Crippen LogP contribution in [0, 0.1) is 12.3 Å². The molecule has 5 heteroatoms. The van der Waals surface area contributed by atoms with E-state index in [0.717, 1.165) is 0 Å². The molecule has 1 saturated carbocycles. The van der Waals surface area contributed by atoms with Gasteiger partial charge in [0.25, 0.3) is 0 Å². The van der Waals surface area contributed by atoms with Crippen molar-refractivity contribution in [3.05, 3.63) is 0 Å². The first-order valence-electron chi connectivity index (χ1n) is 4.67. The van der Waals surface area contributed by atoms with Crippen molar-refractivity contribution >= 4 is 10.0 Å². The van der Waals surface area contributed by atoms with Crippen LogP contribution in [0.1, 0.15) is 12.8 Å². The molecule has 1 aliphatic rings. The maximum absolute atomic E-state index is 11.5. The minimum absolute atomic E-state index is 0.127. The lowest BCUT2D eigenvalue weighted by atomic mass is 10.6. The summed E-state index contributed by atoms with van der Waals surface area (Å²) < 4.78 is 24.2. The molecule has 1 N–H and O–H groups in total. The first-order chi connectivity index (χ1) is 6.56. The zero-order chi connectivity index (χ0) is 10.6. The second-order valence-corrected chi connectivity index (χ2v) is 5.70. The zero-order valence-electron chi connectivity index (χ0n) is 8.36. The Hall–Kier alpha value is -0.570. The molecule has 14 heavy (non-hydrogen) atoms. The molecule has 0 bridgehead atoms. The third-order valence-electron chi connectivity index (χ3n) is 2.16. The van der Waals surface area contributed by atoms with Gasteiger partial charge in [0.2, 0.25) is 10.0 Å². The fraction of sp³-hybridized carbons (Fsp3) is 0.778. The van der Waals surface area contributed by atoms with Gasteiger partial charge in [0.1, 0.15) is 0 Å². The van der Waals surface area contributed by atoms with Gasteiger partial charge in [-0.3, -0.25) is 0 Å². The highest BCUT2D eigenvalue weighted by Crippen LogP contribution is 2.18. The molecule has 0 amide bonds. The quantitative estimate of drug-likeness (QED) is 0.617. The molecule has 0 aromatic heterocycles. The van der Waals surface area contributed by atoms with Crippen molar-refractivity contribution in [3.8, 4) is 12.3 Å². The Balaban J connectivity index is 2.28. The molecule has 80 valence electrons. The van der Waals surface area contributed by atoms with Crippen LogP contribution in [-0.2, 0) is 10.0 Å². The molecule has 0 aromatic rings. The van der Waals surface area contributed by atoms with Crippen molar-refractivity contribution in [1.29, 1.82) is 0 Å². The highest BCUT2D eigenvalue weighted by molar-refractivity contribution is 7.89. The van der Waals surface area contributed by atoms with Crippen LogP contribution in [0.15, 0.2) is 0 Å². The summed E-state index contributed by atoms with van der Waals surface area (Å²) in [7, 11) is -1.66. The van der Waals surface area contributed by atoms with Crippen LogP contribution in [0.2, 0.25) is 0 Å². The minimum Gasteiger partial charge on any atom is -0.313 e. The van der Waals surface area contributed by atoms with Crippen LogP contribution in [0.3, 0.4) is 0 Å². The first kappa shape index (κ1) is 11.5. The van der Waals surface area contributed by atoms with Crippen molar-refractivity contribution in [2.24, 2.45) is 0 Å². The van der Waals surface area contributed by atoms with Gasteiger partial charge < -0.3 is 5.32 Å². The maximum Gasteiger partial charge on any atom is 0.215 e. The molecule has 0 unspecified atom stereocenters. The largest absolute Gasteiger partial charge is 0.313 e. The van der Waals surface area contributed by atoms with E-state index in [1.807, 2.05) is 0 Å². The highest BCUT2D eigenvalue weighted by Gasteiger charge is 2.22. The van der Waals surface area contributed by atoms with Gasteiger partial charge in [0, 0.05) is 19.6 Å². The zero-order valence-corrected chi connectivity index (χ0v) is 9.18. The maximum atomic E-state index is 11.5. The summed E-state index contributed by atoms with van der Waals surface area (Å²) in [6, 6.07) is 0.545. The monoisotopic (exact) mass is 216 g/mol. The van der Waals surface area contributed by atoms with Crippen molar-refractivity contribution in [1.82, 2.24) is 9.62 Å². The summed E-state index contributed by atoms with van der Waals surface area (Å²) in [4.78, 5) is 0. The standard InChI is InChI=1S/C9H16N2O2S/c1-3-7-11(2)14(12,13)8-6-10-9-4-5-9/h1,9-10H,4-8H2,2H3. The van der Waals surface area contributed by atoms with Gasteiger partial charge in [-0.25, -0.2) is 8.42 Å². The molecular weight excluding hydrogens is 200 g/mol. The summed E-state index contributed by atoms with van der Waals surface area (Å²) in [6.07, 6.45) is 7.38. The minimum atomic E-state index is -3.16. The summed E-state index contributed by atoms with van der Waals surface area (Å²) in [5.74, 6) is 2.44. The van der Waals surface area contributed by atoms with Gasteiger partial charge in [-0.2, -0.15) is 4.31 Å². The molecular formula is C9H16N2O2S. The van der Waals surface area contributed by atoms with E-state index < -0.39 is 10.0 Å². The molecule has 0 heterocycles. The fourth-order valence-corrected chi connectivity index (χ4v) is 2.02. The van der Waals surface area contributed by atoms with E-state index in [1.165, 1.54) is 24.2 Å². The third-order valence-corrected chi connectivity index (χ3v) is 3.96. The molecule has 0 saturated heterocycles. The number of hydrogen-bond donors (Lipinski definition) is 1. The lowest BCUT2D eigenvalue weighted by Gasteiger charge is -2.14. The number of sulfonamides is 1. The van der Waals surface area contributed by atoms with E-state index in [2.05, 4.69) is 11.2 Å². The average Bonchev–Trinajstić information content (AvgIpc) is 2.88. The third kappa shape index (κ3) is 3.66. The second-order valence-electron chi connectivity index (χ2n) is 3.50. The smallest absolute Gasteiger partial charge is 0.215 e. The summed E-state index contributed by atoms with van der Waals surface area (Å²) in [5, 5.41) is 3.15. The van der Waals surface area contributed by atoms with E-state index in [0.29, 0.717) is 12.6 Å². The van der Waals surface area contributed by atoms with E-state index in [1.54, 1.807) is 0 Å². The van der Waals surface area contributed by atoms with Crippen molar-refractivity contribution in [2.45, 2.75) is 18.9 Å². The van der Waals surface area contributed by atoms with Gasteiger partial charge in [0.05, 0.1) is 12.3 Å². The Morgan fingerprint density at radius 3 is 2.71 bits per heavy atom. The lowest BCUT2D eigenvalue weighted by Crippen LogP contribution is -2.34. The molecule has 4 nitrogen and oxygen atoms in total. The van der Waals surface area contributed by atoms with Crippen LogP contribution in [0.5, 0.6) is 0 Å². The molecule has 0 radical (unpaired) electrons.